The largest absolute Gasteiger partial charge is 0.477 e. The number of carboxylic acids is 1. The molecule has 0 fully saturated rings. The Morgan fingerprint density at radius 2 is 1.94 bits per heavy atom. The van der Waals surface area contributed by atoms with Gasteiger partial charge in [-0.1, -0.05) is 0 Å². The molecular formula is C10H14N2O3S. The molecular weight excluding hydrogens is 228 g/mol. The maximum atomic E-state index is 11.4. The maximum absolute atomic E-state index is 11.4. The lowest BCUT2D eigenvalue weighted by Gasteiger charge is -2.18. The first-order chi connectivity index (χ1) is 7.41. The van der Waals surface area contributed by atoms with E-state index in [-0.39, 0.29) is 17.3 Å². The van der Waals surface area contributed by atoms with Crippen LogP contribution in [0.4, 0.5) is 5.00 Å². The van der Waals surface area contributed by atoms with E-state index >= 15 is 0 Å². The number of hydrogen-bond acceptors (Lipinski definition) is 4. The summed E-state index contributed by atoms with van der Waals surface area (Å²) in [6.45, 7) is 0.243. The van der Waals surface area contributed by atoms with Crippen LogP contribution in [0.15, 0.2) is 12.1 Å². The van der Waals surface area contributed by atoms with Crippen LogP contribution in [-0.2, 0) is 4.79 Å². The lowest BCUT2D eigenvalue weighted by atomic mass is 10.4. The van der Waals surface area contributed by atoms with Gasteiger partial charge < -0.3 is 14.9 Å². The Balaban J connectivity index is 2.69. The predicted octanol–water partition coefficient (Wildman–Crippen LogP) is 0.971. The molecule has 1 aromatic heterocycles. The summed E-state index contributed by atoms with van der Waals surface area (Å²) < 4.78 is 0. The third-order valence-corrected chi connectivity index (χ3v) is 3.24. The number of likely N-dealkylation sites (N-methyl/N-ethyl adjacent to an activating group) is 2. The molecule has 0 radical (unpaired) electrons. The Morgan fingerprint density at radius 1 is 1.31 bits per heavy atom. The summed E-state index contributed by atoms with van der Waals surface area (Å²) in [5.41, 5.74) is 0. The zero-order valence-corrected chi connectivity index (χ0v) is 10.2. The molecule has 1 amide bonds. The van der Waals surface area contributed by atoms with E-state index < -0.39 is 5.97 Å². The normalized spacial score (nSPS) is 9.94. The van der Waals surface area contributed by atoms with Crippen LogP contribution in [0, 0.1) is 0 Å². The minimum Gasteiger partial charge on any atom is -0.477 e. The Bertz CT molecular complexity index is 401. The van der Waals surface area contributed by atoms with Gasteiger partial charge in [-0.2, -0.15) is 0 Å². The first-order valence-electron chi connectivity index (χ1n) is 4.66. The second kappa shape index (κ2) is 4.98. The van der Waals surface area contributed by atoms with E-state index in [4.69, 9.17) is 5.11 Å². The number of nitrogens with zero attached hydrogens (tertiary/aromatic N) is 2. The highest BCUT2D eigenvalue weighted by atomic mass is 32.1. The van der Waals surface area contributed by atoms with Gasteiger partial charge in [-0.25, -0.2) is 4.79 Å². The number of carbonyl (C=O) groups excluding carboxylic acids is 1. The number of anilines is 1. The smallest absolute Gasteiger partial charge is 0.345 e. The third-order valence-electron chi connectivity index (χ3n) is 2.05. The van der Waals surface area contributed by atoms with Gasteiger partial charge in [0.15, 0.2) is 0 Å². The van der Waals surface area contributed by atoms with Crippen molar-refractivity contribution in [1.82, 2.24) is 4.90 Å². The molecule has 0 aromatic carbocycles. The van der Waals surface area contributed by atoms with Crippen LogP contribution in [0.1, 0.15) is 9.67 Å². The molecule has 0 aliphatic carbocycles. The van der Waals surface area contributed by atoms with E-state index in [0.29, 0.717) is 0 Å². The molecule has 1 aromatic rings. The molecule has 0 aliphatic rings. The zero-order valence-electron chi connectivity index (χ0n) is 9.43. The molecule has 1 N–H and O–H groups in total. The summed E-state index contributed by atoms with van der Waals surface area (Å²) in [5.74, 6) is -0.962. The Morgan fingerprint density at radius 3 is 2.38 bits per heavy atom. The second-order valence-electron chi connectivity index (χ2n) is 3.59. The van der Waals surface area contributed by atoms with Gasteiger partial charge in [0, 0.05) is 21.1 Å². The molecule has 6 heteroatoms. The van der Waals surface area contributed by atoms with Gasteiger partial charge in [0.1, 0.15) is 4.88 Å². The SMILES string of the molecule is CN(C)C(=O)CN(C)c1ccc(C(=O)O)s1. The van der Waals surface area contributed by atoms with E-state index in [2.05, 4.69) is 0 Å². The maximum Gasteiger partial charge on any atom is 0.345 e. The number of thiophene rings is 1. The quantitative estimate of drug-likeness (QED) is 0.854. The molecule has 0 bridgehead atoms. The van der Waals surface area contributed by atoms with E-state index in [0.717, 1.165) is 16.3 Å². The van der Waals surface area contributed by atoms with Crippen molar-refractivity contribution in [3.05, 3.63) is 17.0 Å². The monoisotopic (exact) mass is 242 g/mol. The van der Waals surface area contributed by atoms with Gasteiger partial charge in [-0.05, 0) is 12.1 Å². The molecule has 1 heterocycles. The standard InChI is InChI=1S/C10H14N2O3S/c1-11(2)8(13)6-12(3)9-5-4-7(16-9)10(14)15/h4-5H,6H2,1-3H3,(H,14,15). The van der Waals surface area contributed by atoms with E-state index in [1.807, 2.05) is 0 Å². The highest BCUT2D eigenvalue weighted by molar-refractivity contribution is 7.17. The number of amides is 1. The van der Waals surface area contributed by atoms with E-state index in [1.54, 1.807) is 38.2 Å². The topological polar surface area (TPSA) is 60.9 Å². The molecule has 16 heavy (non-hydrogen) atoms. The molecule has 0 unspecified atom stereocenters. The van der Waals surface area contributed by atoms with Crippen molar-refractivity contribution in [2.24, 2.45) is 0 Å². The van der Waals surface area contributed by atoms with Gasteiger partial charge in [0.2, 0.25) is 5.91 Å². The number of carbonyl (C=O) groups is 2. The highest BCUT2D eigenvalue weighted by Crippen LogP contribution is 2.24. The van der Waals surface area contributed by atoms with Crippen LogP contribution in [0.3, 0.4) is 0 Å². The Labute approximate surface area is 97.9 Å². The van der Waals surface area contributed by atoms with Crippen molar-refractivity contribution < 1.29 is 14.7 Å². The number of hydrogen-bond donors (Lipinski definition) is 1. The van der Waals surface area contributed by atoms with E-state index in [9.17, 15) is 9.59 Å². The molecule has 0 saturated heterocycles. The molecule has 0 spiro atoms. The number of rotatable bonds is 4. The van der Waals surface area contributed by atoms with Crippen molar-refractivity contribution in [3.8, 4) is 0 Å². The summed E-state index contributed by atoms with van der Waals surface area (Å²) in [7, 11) is 5.14. The molecule has 0 atom stereocenters. The number of aromatic carboxylic acids is 1. The van der Waals surface area contributed by atoms with Crippen molar-refractivity contribution >= 4 is 28.2 Å². The first-order valence-corrected chi connectivity index (χ1v) is 5.48. The minimum absolute atomic E-state index is 0.0206. The summed E-state index contributed by atoms with van der Waals surface area (Å²) >= 11 is 1.16. The van der Waals surface area contributed by atoms with Crippen LogP contribution >= 0.6 is 11.3 Å². The molecule has 5 nitrogen and oxygen atoms in total. The summed E-state index contributed by atoms with van der Waals surface area (Å²) in [6, 6.07) is 3.25. The van der Waals surface area contributed by atoms with Crippen LogP contribution in [-0.4, -0.2) is 49.6 Å². The van der Waals surface area contributed by atoms with Crippen molar-refractivity contribution in [2.45, 2.75) is 0 Å². The highest BCUT2D eigenvalue weighted by Gasteiger charge is 2.13. The minimum atomic E-state index is -0.941. The van der Waals surface area contributed by atoms with Gasteiger partial charge in [0.25, 0.3) is 0 Å². The second-order valence-corrected chi connectivity index (χ2v) is 4.65. The summed E-state index contributed by atoms with van der Waals surface area (Å²) in [4.78, 5) is 25.6. The van der Waals surface area contributed by atoms with Gasteiger partial charge in [0.05, 0.1) is 11.5 Å². The molecule has 0 aliphatic heterocycles. The third kappa shape index (κ3) is 2.96. The summed E-state index contributed by atoms with van der Waals surface area (Å²) in [6.07, 6.45) is 0. The lowest BCUT2D eigenvalue weighted by Crippen LogP contribution is -2.33. The molecule has 1 rings (SSSR count). The molecule has 88 valence electrons. The number of carboxylic acid groups (broad SMARTS) is 1. The zero-order chi connectivity index (χ0) is 12.3. The fraction of sp³-hybridized carbons (Fsp3) is 0.400. The lowest BCUT2D eigenvalue weighted by molar-refractivity contribution is -0.127. The van der Waals surface area contributed by atoms with Crippen molar-refractivity contribution in [1.29, 1.82) is 0 Å². The summed E-state index contributed by atoms with van der Waals surface area (Å²) in [5, 5.41) is 9.54. The fourth-order valence-corrected chi connectivity index (χ4v) is 1.88. The van der Waals surface area contributed by atoms with Crippen molar-refractivity contribution in [3.63, 3.8) is 0 Å². The van der Waals surface area contributed by atoms with Gasteiger partial charge in [-0.3, -0.25) is 4.79 Å². The van der Waals surface area contributed by atoms with Gasteiger partial charge >= 0.3 is 5.97 Å². The average molecular weight is 242 g/mol. The van der Waals surface area contributed by atoms with Crippen LogP contribution in [0.2, 0.25) is 0 Å². The van der Waals surface area contributed by atoms with E-state index in [1.165, 1.54) is 4.90 Å². The molecule has 0 saturated carbocycles. The van der Waals surface area contributed by atoms with Gasteiger partial charge in [-0.15, -0.1) is 11.3 Å². The van der Waals surface area contributed by atoms with Crippen LogP contribution in [0.25, 0.3) is 0 Å². The fourth-order valence-electron chi connectivity index (χ4n) is 1.07. The Hall–Kier alpha value is -1.56. The van der Waals surface area contributed by atoms with Crippen LogP contribution < -0.4 is 4.90 Å². The Kier molecular flexibility index (Phi) is 3.89. The average Bonchev–Trinajstić information content (AvgIpc) is 2.65. The predicted molar refractivity (Wildman–Crippen MR) is 63.2 cm³/mol. The van der Waals surface area contributed by atoms with Crippen LogP contribution in [0.5, 0.6) is 0 Å². The van der Waals surface area contributed by atoms with Crippen molar-refractivity contribution in [2.75, 3.05) is 32.6 Å². The first kappa shape index (κ1) is 12.5.